The van der Waals surface area contributed by atoms with Crippen molar-refractivity contribution in [1.29, 1.82) is 0 Å². The number of para-hydroxylation sites is 1. The summed E-state index contributed by atoms with van der Waals surface area (Å²) in [5.74, 6) is -0.261. The van der Waals surface area contributed by atoms with Gasteiger partial charge in [0.05, 0.1) is 16.8 Å². The van der Waals surface area contributed by atoms with E-state index in [9.17, 15) is 4.79 Å². The van der Waals surface area contributed by atoms with E-state index in [0.29, 0.717) is 11.3 Å². The predicted molar refractivity (Wildman–Crippen MR) is 79.4 cm³/mol. The lowest BCUT2D eigenvalue weighted by atomic mass is 10.2. The monoisotopic (exact) mass is 328 g/mol. The van der Waals surface area contributed by atoms with Crippen molar-refractivity contribution in [2.45, 2.75) is 0 Å². The third-order valence-corrected chi connectivity index (χ3v) is 3.18. The Morgan fingerprint density at radius 1 is 1.15 bits per heavy atom. The van der Waals surface area contributed by atoms with Crippen LogP contribution in [0.3, 0.4) is 0 Å². The second kappa shape index (κ2) is 5.34. The first kappa shape index (κ1) is 12.7. The number of carbonyl (C=O) groups excluding carboxylic acids is 1. The Hall–Kier alpha value is -2.34. The largest absolute Gasteiger partial charge is 0.320 e. The molecule has 3 aromatic rings. The van der Waals surface area contributed by atoms with Crippen molar-refractivity contribution in [2.24, 2.45) is 0 Å². The highest BCUT2D eigenvalue weighted by molar-refractivity contribution is 9.10. The molecule has 5 nitrogen and oxygen atoms in total. The number of benzene rings is 1. The highest BCUT2D eigenvalue weighted by Crippen LogP contribution is 2.24. The summed E-state index contributed by atoms with van der Waals surface area (Å²) < 4.78 is 0.893. The van der Waals surface area contributed by atoms with Gasteiger partial charge in [0.15, 0.2) is 0 Å². The Kier molecular flexibility index (Phi) is 3.39. The molecule has 0 fully saturated rings. The molecule has 0 saturated carbocycles. The fraction of sp³-hybridized carbons (Fsp3) is 0. The van der Waals surface area contributed by atoms with E-state index in [2.05, 4.69) is 36.2 Å². The molecule has 0 bridgehead atoms. The first-order chi connectivity index (χ1) is 9.74. The number of aromatic nitrogens is 3. The molecule has 1 N–H and O–H groups in total. The fourth-order valence-electron chi connectivity index (χ4n) is 1.85. The topological polar surface area (TPSA) is 67.8 Å². The summed E-state index contributed by atoms with van der Waals surface area (Å²) in [4.78, 5) is 24.1. The third-order valence-electron chi connectivity index (χ3n) is 2.75. The summed E-state index contributed by atoms with van der Waals surface area (Å²) in [6, 6.07) is 7.57. The van der Waals surface area contributed by atoms with Crippen molar-refractivity contribution in [3.63, 3.8) is 0 Å². The molecule has 0 aliphatic rings. The summed E-state index contributed by atoms with van der Waals surface area (Å²) in [7, 11) is 0. The van der Waals surface area contributed by atoms with Gasteiger partial charge in [0.2, 0.25) is 0 Å². The van der Waals surface area contributed by atoms with E-state index in [0.717, 1.165) is 15.4 Å². The molecule has 20 heavy (non-hydrogen) atoms. The van der Waals surface area contributed by atoms with Crippen molar-refractivity contribution in [2.75, 3.05) is 5.32 Å². The van der Waals surface area contributed by atoms with Gasteiger partial charge in [0.1, 0.15) is 6.33 Å². The van der Waals surface area contributed by atoms with Gasteiger partial charge in [0.25, 0.3) is 5.91 Å². The van der Waals surface area contributed by atoms with E-state index in [1.165, 1.54) is 18.7 Å². The number of nitrogens with one attached hydrogen (secondary N) is 1. The molecule has 0 radical (unpaired) electrons. The molecule has 2 aromatic heterocycles. The lowest BCUT2D eigenvalue weighted by molar-refractivity contribution is 0.102. The number of amides is 1. The predicted octanol–water partition coefficient (Wildman–Crippen LogP) is 3.04. The molecule has 2 heterocycles. The smallest absolute Gasteiger partial charge is 0.258 e. The summed E-state index contributed by atoms with van der Waals surface area (Å²) in [6.45, 7) is 0. The molecule has 1 aromatic carbocycles. The van der Waals surface area contributed by atoms with Crippen LogP contribution in [0.2, 0.25) is 0 Å². The van der Waals surface area contributed by atoms with Gasteiger partial charge in [-0.2, -0.15) is 0 Å². The van der Waals surface area contributed by atoms with Gasteiger partial charge in [-0.1, -0.05) is 12.1 Å². The van der Waals surface area contributed by atoms with Crippen LogP contribution in [-0.4, -0.2) is 20.9 Å². The summed E-state index contributed by atoms with van der Waals surface area (Å²) in [5.41, 5.74) is 1.80. The highest BCUT2D eigenvalue weighted by Gasteiger charge is 2.09. The van der Waals surface area contributed by atoms with Crippen LogP contribution in [0, 0.1) is 0 Å². The molecule has 0 aliphatic carbocycles. The summed E-state index contributed by atoms with van der Waals surface area (Å²) in [5, 5.41) is 3.77. The molecular weight excluding hydrogens is 320 g/mol. The van der Waals surface area contributed by atoms with Crippen LogP contribution >= 0.6 is 15.9 Å². The Labute approximate surface area is 123 Å². The van der Waals surface area contributed by atoms with Crippen molar-refractivity contribution in [1.82, 2.24) is 15.0 Å². The van der Waals surface area contributed by atoms with Crippen LogP contribution in [0.25, 0.3) is 10.9 Å². The zero-order chi connectivity index (χ0) is 13.9. The standard InChI is InChI=1S/C14H9BrN4O/c15-11-4-9-2-1-3-12(13(9)18-7-11)19-14(20)10-5-16-8-17-6-10/h1-8H,(H,19,20). The third kappa shape index (κ3) is 2.50. The van der Waals surface area contributed by atoms with Crippen molar-refractivity contribution in [3.8, 4) is 0 Å². The number of halogens is 1. The van der Waals surface area contributed by atoms with E-state index < -0.39 is 0 Å². The fourth-order valence-corrected chi connectivity index (χ4v) is 2.19. The molecule has 0 atom stereocenters. The number of carbonyl (C=O) groups is 1. The molecule has 3 rings (SSSR count). The van der Waals surface area contributed by atoms with Crippen LogP contribution in [0.4, 0.5) is 5.69 Å². The van der Waals surface area contributed by atoms with Gasteiger partial charge in [-0.05, 0) is 28.1 Å². The first-order valence-electron chi connectivity index (χ1n) is 5.85. The van der Waals surface area contributed by atoms with E-state index in [4.69, 9.17) is 0 Å². The second-order valence-electron chi connectivity index (χ2n) is 4.11. The van der Waals surface area contributed by atoms with Crippen molar-refractivity contribution >= 4 is 38.4 Å². The van der Waals surface area contributed by atoms with E-state index in [1.807, 2.05) is 24.3 Å². The minimum absolute atomic E-state index is 0.261. The average molecular weight is 329 g/mol. The maximum Gasteiger partial charge on any atom is 0.258 e. The number of nitrogens with zero attached hydrogens (tertiary/aromatic N) is 3. The zero-order valence-electron chi connectivity index (χ0n) is 10.2. The molecule has 0 aliphatic heterocycles. The van der Waals surface area contributed by atoms with Gasteiger partial charge in [-0.3, -0.25) is 9.78 Å². The van der Waals surface area contributed by atoms with Crippen LogP contribution in [-0.2, 0) is 0 Å². The van der Waals surface area contributed by atoms with Gasteiger partial charge in [-0.15, -0.1) is 0 Å². The minimum atomic E-state index is -0.261. The van der Waals surface area contributed by atoms with Crippen molar-refractivity contribution < 1.29 is 4.79 Å². The average Bonchev–Trinajstić information content (AvgIpc) is 2.48. The minimum Gasteiger partial charge on any atom is -0.320 e. The van der Waals surface area contributed by atoms with Gasteiger partial charge in [0, 0.05) is 28.4 Å². The van der Waals surface area contributed by atoms with Crippen LogP contribution in [0.15, 0.2) is 53.7 Å². The van der Waals surface area contributed by atoms with Crippen LogP contribution < -0.4 is 5.32 Å². The molecule has 1 amide bonds. The van der Waals surface area contributed by atoms with Crippen LogP contribution in [0.5, 0.6) is 0 Å². The maximum atomic E-state index is 12.1. The molecule has 6 heteroatoms. The Morgan fingerprint density at radius 3 is 2.75 bits per heavy atom. The lowest BCUT2D eigenvalue weighted by Gasteiger charge is -2.07. The highest BCUT2D eigenvalue weighted by atomic mass is 79.9. The van der Waals surface area contributed by atoms with Gasteiger partial charge in [-0.25, -0.2) is 9.97 Å². The number of rotatable bonds is 2. The summed E-state index contributed by atoms with van der Waals surface area (Å²) in [6.07, 6.45) is 6.02. The number of hydrogen-bond donors (Lipinski definition) is 1. The molecule has 98 valence electrons. The SMILES string of the molecule is O=C(Nc1cccc2cc(Br)cnc12)c1cncnc1. The quantitative estimate of drug-likeness (QED) is 0.785. The number of anilines is 1. The number of fused-ring (bicyclic) bond motifs is 1. The zero-order valence-corrected chi connectivity index (χ0v) is 11.8. The Balaban J connectivity index is 1.97. The van der Waals surface area contributed by atoms with E-state index >= 15 is 0 Å². The first-order valence-corrected chi connectivity index (χ1v) is 6.64. The molecule has 0 spiro atoms. The normalized spacial score (nSPS) is 10.4. The molecular formula is C14H9BrN4O. The van der Waals surface area contributed by atoms with Crippen molar-refractivity contribution in [3.05, 3.63) is 59.2 Å². The molecule has 0 unspecified atom stereocenters. The van der Waals surface area contributed by atoms with E-state index in [-0.39, 0.29) is 5.91 Å². The number of hydrogen-bond acceptors (Lipinski definition) is 4. The lowest BCUT2D eigenvalue weighted by Crippen LogP contribution is -2.12. The Morgan fingerprint density at radius 2 is 1.95 bits per heavy atom. The second-order valence-corrected chi connectivity index (χ2v) is 5.03. The van der Waals surface area contributed by atoms with Crippen LogP contribution in [0.1, 0.15) is 10.4 Å². The van der Waals surface area contributed by atoms with E-state index in [1.54, 1.807) is 6.20 Å². The van der Waals surface area contributed by atoms with Gasteiger partial charge < -0.3 is 5.32 Å². The number of pyridine rings is 1. The molecule has 0 saturated heterocycles. The maximum absolute atomic E-state index is 12.1. The summed E-state index contributed by atoms with van der Waals surface area (Å²) >= 11 is 3.38. The Bertz CT molecular complexity index is 776. The van der Waals surface area contributed by atoms with Gasteiger partial charge >= 0.3 is 0 Å².